The van der Waals surface area contributed by atoms with E-state index in [1.54, 1.807) is 0 Å². The third-order valence-electron chi connectivity index (χ3n) is 2.81. The van der Waals surface area contributed by atoms with Gasteiger partial charge in [-0.25, -0.2) is 0 Å². The summed E-state index contributed by atoms with van der Waals surface area (Å²) in [6.45, 7) is 6.39. The fraction of sp³-hybridized carbons (Fsp3) is 0.900. The quantitative estimate of drug-likeness (QED) is 0.666. The second kappa shape index (κ2) is 4.61. The number of likely N-dealkylation sites (N-methyl/N-ethyl adjacent to an activating group) is 1. The van der Waals surface area contributed by atoms with E-state index in [2.05, 4.69) is 17.6 Å². The van der Waals surface area contributed by atoms with E-state index in [1.165, 1.54) is 19.3 Å². The molecule has 2 N–H and O–H groups in total. The molecule has 0 bridgehead atoms. The van der Waals surface area contributed by atoms with Crippen LogP contribution in [0.25, 0.3) is 0 Å². The van der Waals surface area contributed by atoms with Crippen molar-refractivity contribution in [2.75, 3.05) is 19.6 Å². The number of nitrogens with one attached hydrogen (secondary N) is 2. The second-order valence-electron chi connectivity index (χ2n) is 4.22. The van der Waals surface area contributed by atoms with Crippen LogP contribution < -0.4 is 10.6 Å². The van der Waals surface area contributed by atoms with Crippen LogP contribution in [0.3, 0.4) is 0 Å². The van der Waals surface area contributed by atoms with Crippen LogP contribution in [0.1, 0.15) is 33.1 Å². The average Bonchev–Trinajstić information content (AvgIpc) is 2.08. The Hall–Kier alpha value is -0.570. The zero-order valence-electron chi connectivity index (χ0n) is 8.65. The molecular weight excluding hydrogens is 164 g/mol. The van der Waals surface area contributed by atoms with Gasteiger partial charge in [-0.05, 0) is 24.8 Å². The second-order valence-corrected chi connectivity index (χ2v) is 4.22. The van der Waals surface area contributed by atoms with Gasteiger partial charge in [-0.2, -0.15) is 0 Å². The number of carbonyl (C=O) groups is 1. The first-order chi connectivity index (χ1) is 6.16. The highest BCUT2D eigenvalue weighted by atomic mass is 16.1. The summed E-state index contributed by atoms with van der Waals surface area (Å²) in [6.07, 6.45) is 3.84. The van der Waals surface area contributed by atoms with Crippen LogP contribution in [0.4, 0.5) is 0 Å². The van der Waals surface area contributed by atoms with E-state index < -0.39 is 0 Å². The lowest BCUT2D eigenvalue weighted by Gasteiger charge is -2.38. The third-order valence-corrected chi connectivity index (χ3v) is 2.81. The molecule has 0 radical (unpaired) electrons. The standard InChI is InChI=1S/C10H20N2O/c1-3-11-7-9(13)12-8-10(2)5-4-6-10/h11H,3-8H2,1-2H3,(H,12,13). The first kappa shape index (κ1) is 10.5. The summed E-state index contributed by atoms with van der Waals surface area (Å²) < 4.78 is 0. The van der Waals surface area contributed by atoms with Crippen LogP contribution in [0, 0.1) is 5.41 Å². The molecule has 0 unspecified atom stereocenters. The first-order valence-electron chi connectivity index (χ1n) is 5.14. The highest BCUT2D eigenvalue weighted by molar-refractivity contribution is 5.78. The number of amides is 1. The molecule has 0 atom stereocenters. The van der Waals surface area contributed by atoms with Crippen LogP contribution in [-0.4, -0.2) is 25.5 Å². The first-order valence-corrected chi connectivity index (χ1v) is 5.14. The smallest absolute Gasteiger partial charge is 0.233 e. The lowest BCUT2D eigenvalue weighted by Crippen LogP contribution is -2.42. The van der Waals surface area contributed by atoms with Gasteiger partial charge in [0.15, 0.2) is 0 Å². The monoisotopic (exact) mass is 184 g/mol. The largest absolute Gasteiger partial charge is 0.354 e. The van der Waals surface area contributed by atoms with Crippen molar-refractivity contribution in [1.29, 1.82) is 0 Å². The molecule has 3 heteroatoms. The van der Waals surface area contributed by atoms with Crippen LogP contribution >= 0.6 is 0 Å². The van der Waals surface area contributed by atoms with Gasteiger partial charge in [0.1, 0.15) is 0 Å². The minimum absolute atomic E-state index is 0.120. The molecule has 0 aliphatic heterocycles. The molecule has 3 nitrogen and oxygen atoms in total. The maximum atomic E-state index is 11.2. The van der Waals surface area contributed by atoms with Gasteiger partial charge in [0.25, 0.3) is 0 Å². The third kappa shape index (κ3) is 3.35. The predicted octanol–water partition coefficient (Wildman–Crippen LogP) is 0.902. The fourth-order valence-corrected chi connectivity index (χ4v) is 1.57. The molecule has 0 heterocycles. The molecule has 0 aromatic rings. The zero-order valence-corrected chi connectivity index (χ0v) is 8.65. The van der Waals surface area contributed by atoms with Gasteiger partial charge in [-0.1, -0.05) is 20.3 Å². The van der Waals surface area contributed by atoms with Crippen molar-refractivity contribution in [3.05, 3.63) is 0 Å². The molecule has 0 saturated heterocycles. The molecule has 1 fully saturated rings. The van der Waals surface area contributed by atoms with Crippen molar-refractivity contribution in [1.82, 2.24) is 10.6 Å². The summed E-state index contributed by atoms with van der Waals surface area (Å²) in [5, 5.41) is 5.97. The molecular formula is C10H20N2O. The number of carbonyl (C=O) groups excluding carboxylic acids is 1. The summed E-state index contributed by atoms with van der Waals surface area (Å²) in [6, 6.07) is 0. The number of rotatable bonds is 5. The van der Waals surface area contributed by atoms with Gasteiger partial charge in [0.05, 0.1) is 6.54 Å². The number of hydrogen-bond acceptors (Lipinski definition) is 2. The van der Waals surface area contributed by atoms with Crippen molar-refractivity contribution in [2.45, 2.75) is 33.1 Å². The molecule has 0 aromatic heterocycles. The van der Waals surface area contributed by atoms with Gasteiger partial charge >= 0.3 is 0 Å². The van der Waals surface area contributed by atoms with Gasteiger partial charge in [-0.15, -0.1) is 0 Å². The molecule has 1 aliphatic rings. The van der Waals surface area contributed by atoms with E-state index in [0.29, 0.717) is 12.0 Å². The maximum Gasteiger partial charge on any atom is 0.233 e. The SMILES string of the molecule is CCNCC(=O)NCC1(C)CCC1. The van der Waals surface area contributed by atoms with E-state index in [-0.39, 0.29) is 5.91 Å². The Morgan fingerprint density at radius 3 is 2.62 bits per heavy atom. The fourth-order valence-electron chi connectivity index (χ4n) is 1.57. The van der Waals surface area contributed by atoms with Crippen LogP contribution in [0.15, 0.2) is 0 Å². The molecule has 1 amide bonds. The van der Waals surface area contributed by atoms with Crippen molar-refractivity contribution < 1.29 is 4.79 Å². The van der Waals surface area contributed by atoms with E-state index >= 15 is 0 Å². The van der Waals surface area contributed by atoms with Crippen LogP contribution in [0.5, 0.6) is 0 Å². The molecule has 1 aliphatic carbocycles. The van der Waals surface area contributed by atoms with E-state index in [4.69, 9.17) is 0 Å². The highest BCUT2D eigenvalue weighted by Crippen LogP contribution is 2.39. The predicted molar refractivity (Wildman–Crippen MR) is 53.5 cm³/mol. The molecule has 0 spiro atoms. The van der Waals surface area contributed by atoms with Gasteiger partial charge in [0, 0.05) is 6.54 Å². The molecule has 13 heavy (non-hydrogen) atoms. The lowest BCUT2D eigenvalue weighted by molar-refractivity contribution is -0.121. The average molecular weight is 184 g/mol. The number of hydrogen-bond donors (Lipinski definition) is 2. The van der Waals surface area contributed by atoms with Crippen LogP contribution in [-0.2, 0) is 4.79 Å². The van der Waals surface area contributed by atoms with Crippen molar-refractivity contribution in [2.24, 2.45) is 5.41 Å². The molecule has 1 rings (SSSR count). The Kier molecular flexibility index (Phi) is 3.72. The Morgan fingerprint density at radius 2 is 2.15 bits per heavy atom. The maximum absolute atomic E-state index is 11.2. The Morgan fingerprint density at radius 1 is 1.46 bits per heavy atom. The van der Waals surface area contributed by atoms with Crippen LogP contribution in [0.2, 0.25) is 0 Å². The van der Waals surface area contributed by atoms with Crippen molar-refractivity contribution in [3.63, 3.8) is 0 Å². The summed E-state index contributed by atoms with van der Waals surface area (Å²) in [5.74, 6) is 0.120. The Labute approximate surface area is 80.3 Å². The van der Waals surface area contributed by atoms with Gasteiger partial charge in [-0.3, -0.25) is 4.79 Å². The topological polar surface area (TPSA) is 41.1 Å². The summed E-state index contributed by atoms with van der Waals surface area (Å²) >= 11 is 0. The van der Waals surface area contributed by atoms with Gasteiger partial charge < -0.3 is 10.6 Å². The highest BCUT2D eigenvalue weighted by Gasteiger charge is 2.31. The molecule has 0 aromatic carbocycles. The molecule has 76 valence electrons. The Bertz CT molecular complexity index is 176. The van der Waals surface area contributed by atoms with Gasteiger partial charge in [0.2, 0.25) is 5.91 Å². The summed E-state index contributed by atoms with van der Waals surface area (Å²) in [4.78, 5) is 11.2. The Balaban J connectivity index is 2.07. The minimum Gasteiger partial charge on any atom is -0.354 e. The lowest BCUT2D eigenvalue weighted by atomic mass is 9.70. The molecule has 1 saturated carbocycles. The van der Waals surface area contributed by atoms with E-state index in [1.807, 2.05) is 6.92 Å². The summed E-state index contributed by atoms with van der Waals surface area (Å²) in [5.41, 5.74) is 0.391. The zero-order chi connectivity index (χ0) is 9.73. The summed E-state index contributed by atoms with van der Waals surface area (Å²) in [7, 11) is 0. The van der Waals surface area contributed by atoms with E-state index in [0.717, 1.165) is 13.1 Å². The van der Waals surface area contributed by atoms with E-state index in [9.17, 15) is 4.79 Å². The minimum atomic E-state index is 0.120. The normalized spacial score (nSPS) is 19.2. The van der Waals surface area contributed by atoms with Crippen molar-refractivity contribution in [3.8, 4) is 0 Å². The van der Waals surface area contributed by atoms with Crippen molar-refractivity contribution >= 4 is 5.91 Å².